The SMILES string of the molecule is OB(O)c1c(F)cc(-c2ccccc2)cc1F. The summed E-state index contributed by atoms with van der Waals surface area (Å²) in [7, 11) is -2.15. The van der Waals surface area contributed by atoms with E-state index in [4.69, 9.17) is 10.0 Å². The highest BCUT2D eigenvalue weighted by Gasteiger charge is 2.22. The summed E-state index contributed by atoms with van der Waals surface area (Å²) in [6.45, 7) is 0. The normalized spacial score (nSPS) is 10.4. The Balaban J connectivity index is 2.53. The molecule has 0 amide bonds. The van der Waals surface area contributed by atoms with Gasteiger partial charge in [0.25, 0.3) is 0 Å². The molecule has 0 radical (unpaired) electrons. The van der Waals surface area contributed by atoms with Crippen molar-refractivity contribution >= 4 is 12.6 Å². The minimum Gasteiger partial charge on any atom is -0.423 e. The zero-order chi connectivity index (χ0) is 12.4. The molecule has 0 spiro atoms. The third-order valence-corrected chi connectivity index (χ3v) is 2.44. The second-order valence-corrected chi connectivity index (χ2v) is 3.59. The molecule has 0 atom stereocenters. The predicted molar refractivity (Wildman–Crippen MR) is 61.6 cm³/mol. The van der Waals surface area contributed by atoms with Crippen LogP contribution in [0.5, 0.6) is 0 Å². The summed E-state index contributed by atoms with van der Waals surface area (Å²) in [4.78, 5) is 0. The first-order valence-electron chi connectivity index (χ1n) is 5.00. The van der Waals surface area contributed by atoms with Gasteiger partial charge in [-0.2, -0.15) is 0 Å². The summed E-state index contributed by atoms with van der Waals surface area (Å²) >= 11 is 0. The fourth-order valence-corrected chi connectivity index (χ4v) is 1.63. The van der Waals surface area contributed by atoms with Gasteiger partial charge in [0.2, 0.25) is 0 Å². The zero-order valence-electron chi connectivity index (χ0n) is 8.77. The number of benzene rings is 2. The van der Waals surface area contributed by atoms with Crippen molar-refractivity contribution in [2.75, 3.05) is 0 Å². The van der Waals surface area contributed by atoms with E-state index >= 15 is 0 Å². The molecule has 5 heteroatoms. The fourth-order valence-electron chi connectivity index (χ4n) is 1.63. The third-order valence-electron chi connectivity index (χ3n) is 2.44. The van der Waals surface area contributed by atoms with Crippen LogP contribution in [-0.4, -0.2) is 17.2 Å². The van der Waals surface area contributed by atoms with Crippen LogP contribution in [0, 0.1) is 11.6 Å². The minimum atomic E-state index is -2.15. The monoisotopic (exact) mass is 234 g/mol. The molecular weight excluding hydrogens is 225 g/mol. The van der Waals surface area contributed by atoms with Crippen molar-refractivity contribution in [1.82, 2.24) is 0 Å². The summed E-state index contributed by atoms with van der Waals surface area (Å²) < 4.78 is 27.0. The van der Waals surface area contributed by atoms with E-state index < -0.39 is 24.2 Å². The van der Waals surface area contributed by atoms with Crippen molar-refractivity contribution in [3.05, 3.63) is 54.1 Å². The molecule has 0 bridgehead atoms. The molecule has 0 fully saturated rings. The van der Waals surface area contributed by atoms with Crippen molar-refractivity contribution in [2.24, 2.45) is 0 Å². The van der Waals surface area contributed by atoms with E-state index in [9.17, 15) is 8.78 Å². The Bertz CT molecular complexity index is 506. The Hall–Kier alpha value is -1.72. The van der Waals surface area contributed by atoms with Crippen LogP contribution in [0.25, 0.3) is 11.1 Å². The van der Waals surface area contributed by atoms with Gasteiger partial charge in [-0.3, -0.25) is 0 Å². The summed E-state index contributed by atoms with van der Waals surface area (Å²) in [6.07, 6.45) is 0. The molecule has 0 heterocycles. The second-order valence-electron chi connectivity index (χ2n) is 3.59. The Morgan fingerprint density at radius 3 is 1.82 bits per heavy atom. The van der Waals surface area contributed by atoms with Gasteiger partial charge in [-0.05, 0) is 23.3 Å². The van der Waals surface area contributed by atoms with E-state index in [1.165, 1.54) is 0 Å². The van der Waals surface area contributed by atoms with E-state index in [2.05, 4.69) is 0 Å². The van der Waals surface area contributed by atoms with Gasteiger partial charge >= 0.3 is 7.12 Å². The predicted octanol–water partition coefficient (Wildman–Crippen LogP) is 1.31. The first-order valence-corrected chi connectivity index (χ1v) is 5.00. The molecular formula is C12H9BF2O2. The second kappa shape index (κ2) is 4.65. The molecule has 0 aromatic heterocycles. The van der Waals surface area contributed by atoms with E-state index in [-0.39, 0.29) is 0 Å². The standard InChI is InChI=1S/C12H9BF2O2/c14-10-6-9(8-4-2-1-3-5-8)7-11(15)12(10)13(16)17/h1-7,16-17H. The van der Waals surface area contributed by atoms with Crippen molar-refractivity contribution in [3.8, 4) is 11.1 Å². The van der Waals surface area contributed by atoms with E-state index in [1.807, 2.05) is 0 Å². The summed E-state index contributed by atoms with van der Waals surface area (Å²) in [5.74, 6) is -1.95. The van der Waals surface area contributed by atoms with Crippen LogP contribution in [0.3, 0.4) is 0 Å². The molecule has 2 aromatic carbocycles. The molecule has 86 valence electrons. The van der Waals surface area contributed by atoms with E-state index in [0.717, 1.165) is 12.1 Å². The van der Waals surface area contributed by atoms with Crippen molar-refractivity contribution in [3.63, 3.8) is 0 Å². The van der Waals surface area contributed by atoms with Crippen molar-refractivity contribution in [2.45, 2.75) is 0 Å². The maximum Gasteiger partial charge on any atom is 0.494 e. The Morgan fingerprint density at radius 1 is 0.824 bits per heavy atom. The summed E-state index contributed by atoms with van der Waals surface area (Å²) in [6, 6.07) is 10.9. The molecule has 2 rings (SSSR count). The van der Waals surface area contributed by atoms with Gasteiger partial charge in [0.05, 0.1) is 5.46 Å². The lowest BCUT2D eigenvalue weighted by Gasteiger charge is -2.07. The van der Waals surface area contributed by atoms with Crippen LogP contribution < -0.4 is 5.46 Å². The maximum atomic E-state index is 13.5. The van der Waals surface area contributed by atoms with Crippen LogP contribution in [0.15, 0.2) is 42.5 Å². The zero-order valence-corrected chi connectivity index (χ0v) is 8.77. The Morgan fingerprint density at radius 2 is 1.35 bits per heavy atom. The highest BCUT2D eigenvalue weighted by Crippen LogP contribution is 2.20. The lowest BCUT2D eigenvalue weighted by molar-refractivity contribution is 0.419. The molecule has 0 aliphatic heterocycles. The minimum absolute atomic E-state index is 0.352. The number of rotatable bonds is 2. The molecule has 2 aromatic rings. The van der Waals surface area contributed by atoms with Gasteiger partial charge in [-0.15, -0.1) is 0 Å². The van der Waals surface area contributed by atoms with E-state index in [0.29, 0.717) is 11.1 Å². The van der Waals surface area contributed by atoms with Crippen LogP contribution in [0.4, 0.5) is 8.78 Å². The third kappa shape index (κ3) is 2.35. The van der Waals surface area contributed by atoms with Gasteiger partial charge in [-0.25, -0.2) is 8.78 Å². The average Bonchev–Trinajstić information content (AvgIpc) is 2.28. The maximum absolute atomic E-state index is 13.5. The molecule has 17 heavy (non-hydrogen) atoms. The lowest BCUT2D eigenvalue weighted by Crippen LogP contribution is -2.35. The van der Waals surface area contributed by atoms with Crippen LogP contribution in [0.1, 0.15) is 0 Å². The highest BCUT2D eigenvalue weighted by atomic mass is 19.1. The summed E-state index contributed by atoms with van der Waals surface area (Å²) in [5.41, 5.74) is 0.277. The number of halogens is 2. The average molecular weight is 234 g/mol. The molecule has 2 nitrogen and oxygen atoms in total. The molecule has 0 saturated heterocycles. The molecule has 2 N–H and O–H groups in total. The largest absolute Gasteiger partial charge is 0.494 e. The highest BCUT2D eigenvalue weighted by molar-refractivity contribution is 6.58. The van der Waals surface area contributed by atoms with E-state index in [1.54, 1.807) is 30.3 Å². The van der Waals surface area contributed by atoms with Gasteiger partial charge in [0.1, 0.15) is 11.6 Å². The molecule has 0 saturated carbocycles. The van der Waals surface area contributed by atoms with Crippen molar-refractivity contribution in [1.29, 1.82) is 0 Å². The van der Waals surface area contributed by atoms with Gasteiger partial charge < -0.3 is 10.0 Å². The lowest BCUT2D eigenvalue weighted by atomic mass is 9.78. The van der Waals surface area contributed by atoms with Gasteiger partial charge in [0.15, 0.2) is 0 Å². The van der Waals surface area contributed by atoms with Crippen LogP contribution in [0.2, 0.25) is 0 Å². The molecule has 0 aliphatic rings. The molecule has 0 unspecified atom stereocenters. The van der Waals surface area contributed by atoms with Crippen LogP contribution in [-0.2, 0) is 0 Å². The van der Waals surface area contributed by atoms with Crippen LogP contribution >= 0.6 is 0 Å². The number of hydrogen-bond donors (Lipinski definition) is 2. The number of hydrogen-bond acceptors (Lipinski definition) is 2. The smallest absolute Gasteiger partial charge is 0.423 e. The Kier molecular flexibility index (Phi) is 3.22. The first-order chi connectivity index (χ1) is 8.09. The van der Waals surface area contributed by atoms with Gasteiger partial charge in [-0.1, -0.05) is 30.3 Å². The fraction of sp³-hybridized carbons (Fsp3) is 0. The van der Waals surface area contributed by atoms with Gasteiger partial charge in [0, 0.05) is 0 Å². The summed E-state index contributed by atoms with van der Waals surface area (Å²) in [5, 5.41) is 17.6. The quantitative estimate of drug-likeness (QED) is 0.769. The topological polar surface area (TPSA) is 40.5 Å². The van der Waals surface area contributed by atoms with Crippen molar-refractivity contribution < 1.29 is 18.8 Å². The first kappa shape index (κ1) is 11.8. The Labute approximate surface area is 97.3 Å². The molecule has 0 aliphatic carbocycles.